The van der Waals surface area contributed by atoms with E-state index in [1.54, 1.807) is 6.92 Å². The molecular formula is C21H17F7N4O2. The monoisotopic (exact) mass is 490 g/mol. The quantitative estimate of drug-likeness (QED) is 0.367. The SMILES string of the molecule is C[C@@H](CO)Nc1nc(Nc2c(F)cccc2C(F)(F)F)cc(-c2cccc(OC(F)(F)F)c2)n1. The average Bonchev–Trinajstić information content (AvgIpc) is 2.73. The van der Waals surface area contributed by atoms with Crippen molar-refractivity contribution in [2.75, 3.05) is 17.2 Å². The largest absolute Gasteiger partial charge is 0.573 e. The fraction of sp³-hybridized carbons (Fsp3) is 0.238. The number of aliphatic hydroxyl groups is 1. The summed E-state index contributed by atoms with van der Waals surface area (Å²) in [6.07, 6.45) is -9.82. The first-order valence-corrected chi connectivity index (χ1v) is 9.61. The van der Waals surface area contributed by atoms with Crippen LogP contribution in [-0.4, -0.2) is 34.1 Å². The summed E-state index contributed by atoms with van der Waals surface area (Å²) < 4.78 is 96.0. The summed E-state index contributed by atoms with van der Waals surface area (Å²) >= 11 is 0. The third-order valence-corrected chi connectivity index (χ3v) is 4.31. The predicted octanol–water partition coefficient (Wildman–Crippen LogP) is 5.74. The number of alkyl halides is 6. The van der Waals surface area contributed by atoms with E-state index in [0.717, 1.165) is 30.3 Å². The summed E-state index contributed by atoms with van der Waals surface area (Å²) in [5.41, 5.74) is -2.08. The molecule has 0 aliphatic carbocycles. The smallest absolute Gasteiger partial charge is 0.406 e. The number of ether oxygens (including phenoxy) is 1. The second-order valence-electron chi connectivity index (χ2n) is 7.05. The number of hydrogen-bond acceptors (Lipinski definition) is 6. The molecule has 182 valence electrons. The first-order chi connectivity index (χ1) is 15.9. The van der Waals surface area contributed by atoms with Gasteiger partial charge in [-0.05, 0) is 31.2 Å². The normalized spacial score (nSPS) is 12.9. The molecule has 1 heterocycles. The van der Waals surface area contributed by atoms with Crippen molar-refractivity contribution in [3.8, 4) is 17.0 Å². The second kappa shape index (κ2) is 9.71. The van der Waals surface area contributed by atoms with Crippen LogP contribution in [0.2, 0.25) is 0 Å². The number of anilines is 3. The lowest BCUT2D eigenvalue weighted by atomic mass is 10.1. The number of para-hydroxylation sites is 1. The number of benzene rings is 2. The molecule has 34 heavy (non-hydrogen) atoms. The molecule has 0 saturated carbocycles. The van der Waals surface area contributed by atoms with Crippen LogP contribution in [-0.2, 0) is 6.18 Å². The van der Waals surface area contributed by atoms with Crippen LogP contribution in [0.5, 0.6) is 5.75 Å². The zero-order valence-electron chi connectivity index (χ0n) is 17.3. The summed E-state index contributed by atoms with van der Waals surface area (Å²) in [6.45, 7) is 1.20. The van der Waals surface area contributed by atoms with Gasteiger partial charge in [0.25, 0.3) is 0 Å². The number of aliphatic hydroxyl groups excluding tert-OH is 1. The topological polar surface area (TPSA) is 79.3 Å². The van der Waals surface area contributed by atoms with Gasteiger partial charge >= 0.3 is 12.5 Å². The Bertz CT molecular complexity index is 1150. The lowest BCUT2D eigenvalue weighted by Crippen LogP contribution is -2.21. The van der Waals surface area contributed by atoms with Gasteiger partial charge in [-0.1, -0.05) is 18.2 Å². The van der Waals surface area contributed by atoms with Crippen LogP contribution in [0.15, 0.2) is 48.5 Å². The zero-order valence-corrected chi connectivity index (χ0v) is 17.3. The number of nitrogens with zero attached hydrogens (tertiary/aromatic N) is 2. The number of halogens is 7. The van der Waals surface area contributed by atoms with Crippen molar-refractivity contribution in [3.63, 3.8) is 0 Å². The van der Waals surface area contributed by atoms with E-state index in [2.05, 4.69) is 25.3 Å². The molecule has 0 radical (unpaired) electrons. The minimum atomic E-state index is -4.95. The van der Waals surface area contributed by atoms with Gasteiger partial charge in [0.05, 0.1) is 23.6 Å². The molecule has 13 heteroatoms. The summed E-state index contributed by atoms with van der Waals surface area (Å²) in [5.74, 6) is -2.21. The highest BCUT2D eigenvalue weighted by molar-refractivity contribution is 5.70. The standard InChI is InChI=1S/C21H17F7N4O2/c1-11(10-33)29-19-30-16(12-4-2-5-13(8-12)34-21(26,27)28)9-17(32-19)31-18-14(20(23,24)25)6-3-7-15(18)22/h2-9,11,33H,10H2,1H3,(H2,29,30,31,32)/t11-/m0/s1. The predicted molar refractivity (Wildman–Crippen MR) is 109 cm³/mol. The minimum Gasteiger partial charge on any atom is -0.406 e. The van der Waals surface area contributed by atoms with Gasteiger partial charge in [-0.3, -0.25) is 0 Å². The van der Waals surface area contributed by atoms with Crippen molar-refractivity contribution in [3.05, 3.63) is 59.9 Å². The Labute approximate surface area is 188 Å². The lowest BCUT2D eigenvalue weighted by molar-refractivity contribution is -0.274. The molecule has 0 aliphatic rings. The maximum Gasteiger partial charge on any atom is 0.573 e. The summed E-state index contributed by atoms with van der Waals surface area (Å²) in [6, 6.07) is 7.67. The van der Waals surface area contributed by atoms with Crippen LogP contribution in [0.25, 0.3) is 11.3 Å². The summed E-state index contributed by atoms with van der Waals surface area (Å²) in [4.78, 5) is 8.14. The zero-order chi connectivity index (χ0) is 25.1. The van der Waals surface area contributed by atoms with Gasteiger partial charge in [0, 0.05) is 17.7 Å². The van der Waals surface area contributed by atoms with Crippen LogP contribution in [0.3, 0.4) is 0 Å². The van der Waals surface area contributed by atoms with E-state index in [1.807, 2.05) is 0 Å². The van der Waals surface area contributed by atoms with Crippen LogP contribution < -0.4 is 15.4 Å². The second-order valence-corrected chi connectivity index (χ2v) is 7.05. The van der Waals surface area contributed by atoms with Crippen molar-refractivity contribution in [1.29, 1.82) is 0 Å². The van der Waals surface area contributed by atoms with Crippen LogP contribution in [0, 0.1) is 5.82 Å². The van der Waals surface area contributed by atoms with E-state index in [4.69, 9.17) is 0 Å². The molecule has 0 saturated heterocycles. The molecule has 0 amide bonds. The van der Waals surface area contributed by atoms with Gasteiger partial charge in [0.2, 0.25) is 5.95 Å². The maximum absolute atomic E-state index is 14.3. The van der Waals surface area contributed by atoms with Crippen molar-refractivity contribution < 1.29 is 40.6 Å². The van der Waals surface area contributed by atoms with Crippen molar-refractivity contribution >= 4 is 17.5 Å². The van der Waals surface area contributed by atoms with Gasteiger partial charge in [-0.2, -0.15) is 18.2 Å². The summed E-state index contributed by atoms with van der Waals surface area (Å²) in [5, 5.41) is 14.2. The fourth-order valence-electron chi connectivity index (χ4n) is 2.86. The van der Waals surface area contributed by atoms with Gasteiger partial charge in [-0.15, -0.1) is 13.2 Å². The number of hydrogen-bond donors (Lipinski definition) is 3. The van der Waals surface area contributed by atoms with Crippen molar-refractivity contribution in [1.82, 2.24) is 9.97 Å². The Morgan fingerprint density at radius 3 is 2.35 bits per heavy atom. The van der Waals surface area contributed by atoms with E-state index >= 15 is 0 Å². The van der Waals surface area contributed by atoms with Crippen LogP contribution in [0.4, 0.5) is 48.2 Å². The van der Waals surface area contributed by atoms with E-state index in [0.29, 0.717) is 6.07 Å². The highest BCUT2D eigenvalue weighted by atomic mass is 19.4. The molecule has 3 rings (SSSR count). The molecular weight excluding hydrogens is 473 g/mol. The molecule has 0 fully saturated rings. The van der Waals surface area contributed by atoms with Gasteiger partial charge in [0.1, 0.15) is 17.4 Å². The third kappa shape index (κ3) is 6.47. The highest BCUT2D eigenvalue weighted by Crippen LogP contribution is 2.38. The molecule has 3 N–H and O–H groups in total. The summed E-state index contributed by atoms with van der Waals surface area (Å²) in [7, 11) is 0. The molecule has 1 aromatic heterocycles. The Morgan fingerprint density at radius 1 is 1.00 bits per heavy atom. The van der Waals surface area contributed by atoms with E-state index in [1.165, 1.54) is 12.1 Å². The third-order valence-electron chi connectivity index (χ3n) is 4.31. The number of rotatable bonds is 7. The van der Waals surface area contributed by atoms with Crippen LogP contribution >= 0.6 is 0 Å². The van der Waals surface area contributed by atoms with E-state index in [9.17, 15) is 35.8 Å². The van der Waals surface area contributed by atoms with Crippen molar-refractivity contribution in [2.45, 2.75) is 25.5 Å². The Kier molecular flexibility index (Phi) is 7.15. The van der Waals surface area contributed by atoms with Gasteiger partial charge < -0.3 is 20.5 Å². The van der Waals surface area contributed by atoms with Gasteiger partial charge in [0.15, 0.2) is 0 Å². The first-order valence-electron chi connectivity index (χ1n) is 9.61. The fourth-order valence-corrected chi connectivity index (χ4v) is 2.86. The van der Waals surface area contributed by atoms with Crippen LogP contribution in [0.1, 0.15) is 12.5 Å². The maximum atomic E-state index is 14.3. The van der Waals surface area contributed by atoms with Crippen molar-refractivity contribution in [2.24, 2.45) is 0 Å². The number of nitrogens with one attached hydrogen (secondary N) is 2. The molecule has 3 aromatic rings. The molecule has 2 aromatic carbocycles. The first kappa shape index (κ1) is 25.0. The van der Waals surface area contributed by atoms with Gasteiger partial charge in [-0.25, -0.2) is 9.37 Å². The Hall–Kier alpha value is -3.61. The van der Waals surface area contributed by atoms with E-state index < -0.39 is 41.4 Å². The average molecular weight is 490 g/mol. The molecule has 0 unspecified atom stereocenters. The molecule has 1 atom stereocenters. The highest BCUT2D eigenvalue weighted by Gasteiger charge is 2.35. The Balaban J connectivity index is 2.08. The molecule has 6 nitrogen and oxygen atoms in total. The lowest BCUT2D eigenvalue weighted by Gasteiger charge is -2.17. The number of aromatic nitrogens is 2. The van der Waals surface area contributed by atoms with E-state index in [-0.39, 0.29) is 29.6 Å². The minimum absolute atomic E-state index is 0.0114. The Morgan fingerprint density at radius 2 is 1.71 bits per heavy atom. The molecule has 0 bridgehead atoms. The molecule has 0 spiro atoms. The molecule has 0 aliphatic heterocycles.